The number of nitriles is 2. The second-order valence-electron chi connectivity index (χ2n) is 10.6. The second kappa shape index (κ2) is 9.66. The summed E-state index contributed by atoms with van der Waals surface area (Å²) in [4.78, 5) is 5.95. The fourth-order valence-corrected chi connectivity index (χ4v) is 6.30. The van der Waals surface area contributed by atoms with Crippen molar-refractivity contribution in [1.29, 1.82) is 10.5 Å². The summed E-state index contributed by atoms with van der Waals surface area (Å²) in [5.74, 6) is 0. The van der Waals surface area contributed by atoms with Gasteiger partial charge in [-0.3, -0.25) is 0 Å². The SMILES string of the molecule is N#Cc1ccc(C#N)c(-n2c3ccc(N(c4ccccc4)c4ccccc4)cc3c3c4[nH]c5ccccc5c4ccc32)c1. The zero-order chi connectivity index (χ0) is 28.9. The molecular formula is C38H23N5. The van der Waals surface area contributed by atoms with E-state index >= 15 is 0 Å². The standard InChI is InChI=1S/C38H23N5/c39-23-25-15-16-26(24-40)36(21-25)43-34-19-17-29(42(27-9-3-1-4-10-27)28-11-5-2-6-12-28)22-32(34)37-35(43)20-18-31-30-13-7-8-14-33(30)41-38(31)37/h1-22,41H. The largest absolute Gasteiger partial charge is 0.354 e. The van der Waals surface area contributed by atoms with Gasteiger partial charge in [0.15, 0.2) is 0 Å². The number of H-pyrrole nitrogens is 1. The van der Waals surface area contributed by atoms with Crippen molar-refractivity contribution < 1.29 is 0 Å². The molecule has 2 heterocycles. The van der Waals surface area contributed by atoms with E-state index < -0.39 is 0 Å². The number of para-hydroxylation sites is 3. The average Bonchev–Trinajstić information content (AvgIpc) is 3.61. The summed E-state index contributed by atoms with van der Waals surface area (Å²) in [6.07, 6.45) is 0. The van der Waals surface area contributed by atoms with Crippen molar-refractivity contribution in [2.45, 2.75) is 0 Å². The minimum atomic E-state index is 0.506. The van der Waals surface area contributed by atoms with E-state index in [-0.39, 0.29) is 0 Å². The molecule has 6 aromatic carbocycles. The molecule has 0 aliphatic rings. The van der Waals surface area contributed by atoms with Crippen LogP contribution in [-0.2, 0) is 0 Å². The Morgan fingerprint density at radius 3 is 1.98 bits per heavy atom. The van der Waals surface area contributed by atoms with Crippen molar-refractivity contribution in [3.63, 3.8) is 0 Å². The van der Waals surface area contributed by atoms with Gasteiger partial charge in [-0.25, -0.2) is 0 Å². The van der Waals surface area contributed by atoms with E-state index in [4.69, 9.17) is 0 Å². The molecule has 0 bridgehead atoms. The van der Waals surface area contributed by atoms with Gasteiger partial charge in [-0.2, -0.15) is 10.5 Å². The predicted octanol–water partition coefficient (Wildman–Crippen LogP) is 9.63. The van der Waals surface area contributed by atoms with Gasteiger partial charge in [0.25, 0.3) is 0 Å². The summed E-state index contributed by atoms with van der Waals surface area (Å²) in [6.45, 7) is 0. The Morgan fingerprint density at radius 1 is 0.558 bits per heavy atom. The zero-order valence-corrected chi connectivity index (χ0v) is 23.0. The van der Waals surface area contributed by atoms with Crippen LogP contribution in [0.15, 0.2) is 133 Å². The molecule has 0 amide bonds. The first kappa shape index (κ1) is 24.5. The van der Waals surface area contributed by atoms with Crippen molar-refractivity contribution in [2.75, 3.05) is 4.90 Å². The maximum atomic E-state index is 10.1. The molecule has 0 fully saturated rings. The lowest BCUT2D eigenvalue weighted by Gasteiger charge is -2.25. The molecule has 5 heteroatoms. The van der Waals surface area contributed by atoms with Crippen LogP contribution in [0, 0.1) is 22.7 Å². The molecular weight excluding hydrogens is 526 g/mol. The number of hydrogen-bond acceptors (Lipinski definition) is 3. The summed E-state index contributed by atoms with van der Waals surface area (Å²) >= 11 is 0. The van der Waals surface area contributed by atoms with Crippen LogP contribution >= 0.6 is 0 Å². The molecule has 0 saturated carbocycles. The van der Waals surface area contributed by atoms with Crippen LogP contribution in [0.1, 0.15) is 11.1 Å². The van der Waals surface area contributed by atoms with Crippen LogP contribution in [-0.4, -0.2) is 9.55 Å². The fourth-order valence-electron chi connectivity index (χ4n) is 6.30. The van der Waals surface area contributed by atoms with E-state index in [1.165, 1.54) is 0 Å². The lowest BCUT2D eigenvalue weighted by Crippen LogP contribution is -2.09. The molecule has 0 spiro atoms. The average molecular weight is 550 g/mol. The molecule has 8 rings (SSSR count). The molecule has 43 heavy (non-hydrogen) atoms. The molecule has 5 nitrogen and oxygen atoms in total. The fraction of sp³-hybridized carbons (Fsp3) is 0. The quantitative estimate of drug-likeness (QED) is 0.238. The van der Waals surface area contributed by atoms with Crippen LogP contribution in [0.2, 0.25) is 0 Å². The minimum Gasteiger partial charge on any atom is -0.354 e. The Bertz CT molecular complexity index is 2380. The molecule has 8 aromatic rings. The number of aromatic nitrogens is 2. The summed E-state index contributed by atoms with van der Waals surface area (Å²) in [5, 5.41) is 24.3. The Balaban J connectivity index is 1.51. The highest BCUT2D eigenvalue weighted by Gasteiger charge is 2.21. The Hall–Kier alpha value is -6.30. The zero-order valence-electron chi connectivity index (χ0n) is 23.0. The van der Waals surface area contributed by atoms with Crippen LogP contribution in [0.4, 0.5) is 17.1 Å². The van der Waals surface area contributed by atoms with Gasteiger partial charge in [-0.05, 0) is 72.8 Å². The molecule has 1 N–H and O–H groups in total. The molecule has 0 saturated heterocycles. The number of benzene rings is 6. The van der Waals surface area contributed by atoms with Crippen LogP contribution in [0.25, 0.3) is 49.3 Å². The third-order valence-electron chi connectivity index (χ3n) is 8.17. The van der Waals surface area contributed by atoms with Gasteiger partial charge >= 0.3 is 0 Å². The van der Waals surface area contributed by atoms with E-state index in [0.717, 1.165) is 60.7 Å². The third-order valence-corrected chi connectivity index (χ3v) is 8.17. The van der Waals surface area contributed by atoms with Gasteiger partial charge in [0.1, 0.15) is 6.07 Å². The number of fused-ring (bicyclic) bond motifs is 7. The molecule has 0 aliphatic heterocycles. The molecule has 2 aromatic heterocycles. The molecule has 200 valence electrons. The van der Waals surface area contributed by atoms with Crippen LogP contribution in [0.3, 0.4) is 0 Å². The summed E-state index contributed by atoms with van der Waals surface area (Å²) in [6, 6.07) is 49.6. The summed E-state index contributed by atoms with van der Waals surface area (Å²) in [7, 11) is 0. The number of rotatable bonds is 4. The summed E-state index contributed by atoms with van der Waals surface area (Å²) in [5.41, 5.74) is 8.86. The van der Waals surface area contributed by atoms with E-state index in [1.54, 1.807) is 18.2 Å². The number of aromatic amines is 1. The molecule has 0 radical (unpaired) electrons. The smallest absolute Gasteiger partial charge is 0.101 e. The topological polar surface area (TPSA) is 71.5 Å². The van der Waals surface area contributed by atoms with Gasteiger partial charge in [0.05, 0.1) is 39.4 Å². The highest BCUT2D eigenvalue weighted by Crippen LogP contribution is 2.43. The first-order valence-corrected chi connectivity index (χ1v) is 14.1. The number of nitrogens with one attached hydrogen (secondary N) is 1. The van der Waals surface area contributed by atoms with E-state index in [1.807, 2.05) is 18.2 Å². The molecule has 0 atom stereocenters. The van der Waals surface area contributed by atoms with Gasteiger partial charge in [-0.15, -0.1) is 0 Å². The van der Waals surface area contributed by atoms with Crippen molar-refractivity contribution in [2.24, 2.45) is 0 Å². The van der Waals surface area contributed by atoms with Gasteiger partial charge < -0.3 is 14.5 Å². The first-order valence-electron chi connectivity index (χ1n) is 14.1. The number of anilines is 3. The van der Waals surface area contributed by atoms with Gasteiger partial charge in [-0.1, -0.05) is 60.7 Å². The minimum absolute atomic E-state index is 0.506. The van der Waals surface area contributed by atoms with Crippen LogP contribution in [0.5, 0.6) is 0 Å². The lowest BCUT2D eigenvalue weighted by molar-refractivity contribution is 1.16. The Kier molecular flexibility index (Phi) is 5.50. The van der Waals surface area contributed by atoms with Crippen LogP contribution < -0.4 is 4.90 Å². The normalized spacial score (nSPS) is 11.2. The van der Waals surface area contributed by atoms with E-state index in [9.17, 15) is 10.5 Å². The molecule has 0 aliphatic carbocycles. The maximum absolute atomic E-state index is 10.1. The Labute approximate surface area is 247 Å². The van der Waals surface area contributed by atoms with E-state index in [2.05, 4.69) is 124 Å². The van der Waals surface area contributed by atoms with Gasteiger partial charge in [0.2, 0.25) is 0 Å². The highest BCUT2D eigenvalue weighted by atomic mass is 15.1. The number of nitrogens with zero attached hydrogens (tertiary/aromatic N) is 4. The van der Waals surface area contributed by atoms with E-state index in [0.29, 0.717) is 16.8 Å². The van der Waals surface area contributed by atoms with Crippen molar-refractivity contribution in [3.8, 4) is 17.8 Å². The molecule has 0 unspecified atom stereocenters. The Morgan fingerprint density at radius 2 is 1.26 bits per heavy atom. The first-order chi connectivity index (χ1) is 21.2. The van der Waals surface area contributed by atoms with Crippen molar-refractivity contribution >= 4 is 60.7 Å². The number of hydrogen-bond donors (Lipinski definition) is 1. The second-order valence-corrected chi connectivity index (χ2v) is 10.6. The monoisotopic (exact) mass is 549 g/mol. The van der Waals surface area contributed by atoms with Crippen molar-refractivity contribution in [1.82, 2.24) is 9.55 Å². The highest BCUT2D eigenvalue weighted by molar-refractivity contribution is 6.25. The maximum Gasteiger partial charge on any atom is 0.101 e. The van der Waals surface area contributed by atoms with Gasteiger partial charge in [0, 0.05) is 44.1 Å². The lowest BCUT2D eigenvalue weighted by atomic mass is 10.1. The third kappa shape index (κ3) is 3.77. The van der Waals surface area contributed by atoms with Crippen molar-refractivity contribution in [3.05, 3.63) is 145 Å². The predicted molar refractivity (Wildman–Crippen MR) is 174 cm³/mol. The summed E-state index contributed by atoms with van der Waals surface area (Å²) < 4.78 is 2.12.